The minimum Gasteiger partial charge on any atom is -0.481 e. The molecule has 2 aromatic rings. The Morgan fingerprint density at radius 2 is 2.03 bits per heavy atom. The summed E-state index contributed by atoms with van der Waals surface area (Å²) in [6, 6.07) is 0. The van der Waals surface area contributed by atoms with Crippen molar-refractivity contribution in [1.82, 2.24) is 30.0 Å². The van der Waals surface area contributed by atoms with Crippen LogP contribution in [0.3, 0.4) is 0 Å². The van der Waals surface area contributed by atoms with Crippen LogP contribution in [0.2, 0.25) is 0 Å². The molecule has 0 bridgehead atoms. The lowest BCUT2D eigenvalue weighted by Gasteiger charge is -2.48. The zero-order valence-electron chi connectivity index (χ0n) is 19.5. The van der Waals surface area contributed by atoms with Gasteiger partial charge < -0.3 is 9.63 Å². The normalized spacial score (nSPS) is 17.7. The Balaban J connectivity index is 1.63. The maximum absolute atomic E-state index is 12.1. The molecule has 0 spiro atoms. The summed E-state index contributed by atoms with van der Waals surface area (Å²) in [5.74, 6) is -1.01. The fraction of sp³-hybridized carbons (Fsp3) is 0.762. The molecular weight excluding hydrogens is 448 g/mol. The Kier molecular flexibility index (Phi) is 7.88. The van der Waals surface area contributed by atoms with Crippen LogP contribution in [0.4, 0.5) is 0 Å². The van der Waals surface area contributed by atoms with Crippen molar-refractivity contribution in [2.24, 2.45) is 10.8 Å². The fourth-order valence-corrected chi connectivity index (χ4v) is 5.69. The van der Waals surface area contributed by atoms with Crippen molar-refractivity contribution in [3.05, 3.63) is 18.0 Å². The number of aromatic amines is 1. The molecule has 3 N–H and O–H groups in total. The first-order valence-corrected chi connectivity index (χ1v) is 12.9. The molecule has 1 atom stereocenters. The molecule has 3 rings (SSSR count). The van der Waals surface area contributed by atoms with Crippen LogP contribution in [-0.2, 0) is 21.4 Å². The van der Waals surface area contributed by atoms with E-state index in [1.54, 1.807) is 0 Å². The largest absolute Gasteiger partial charge is 0.481 e. The van der Waals surface area contributed by atoms with Crippen LogP contribution in [0.5, 0.6) is 0 Å². The third-order valence-electron chi connectivity index (χ3n) is 6.93. The second-order valence-electron chi connectivity index (χ2n) is 9.94. The number of carboxylic acid groups (broad SMARTS) is 1. The number of aromatic nitrogens is 5. The molecule has 1 unspecified atom stereocenters. The van der Waals surface area contributed by atoms with E-state index < -0.39 is 21.9 Å². The number of nitrogens with zero attached hydrogens (tertiary/aromatic N) is 4. The van der Waals surface area contributed by atoms with E-state index >= 15 is 0 Å². The Morgan fingerprint density at radius 1 is 1.30 bits per heavy atom. The van der Waals surface area contributed by atoms with E-state index in [0.717, 1.165) is 19.2 Å². The molecule has 2 heterocycles. The van der Waals surface area contributed by atoms with E-state index in [4.69, 9.17) is 4.52 Å². The van der Waals surface area contributed by atoms with Gasteiger partial charge in [-0.3, -0.25) is 4.79 Å². The molecule has 1 saturated carbocycles. The molecule has 1 aliphatic rings. The molecular formula is C21H34N6O5S. The van der Waals surface area contributed by atoms with Gasteiger partial charge in [-0.25, -0.2) is 23.2 Å². The summed E-state index contributed by atoms with van der Waals surface area (Å²) < 4.78 is 31.9. The second-order valence-corrected chi connectivity index (χ2v) is 11.6. The zero-order chi connectivity index (χ0) is 24.1. The van der Waals surface area contributed by atoms with Gasteiger partial charge in [0.1, 0.15) is 6.33 Å². The zero-order valence-corrected chi connectivity index (χ0v) is 20.3. The number of aliphatic carboxylic acids is 1. The van der Waals surface area contributed by atoms with Crippen molar-refractivity contribution in [3.63, 3.8) is 0 Å². The van der Waals surface area contributed by atoms with Crippen LogP contribution in [0.25, 0.3) is 0 Å². The molecule has 0 radical (unpaired) electrons. The van der Waals surface area contributed by atoms with E-state index in [2.05, 4.69) is 50.8 Å². The SMILES string of the molecule is CC(C)(C)C1(CCCC(CC(=O)O)c2nc(CNS(=O)(=O)c3ncn[nH]3)no2)CCCCC1. The number of rotatable bonds is 11. The number of carboxylic acids is 1. The van der Waals surface area contributed by atoms with E-state index in [9.17, 15) is 18.3 Å². The molecule has 33 heavy (non-hydrogen) atoms. The summed E-state index contributed by atoms with van der Waals surface area (Å²) in [4.78, 5) is 19.3. The summed E-state index contributed by atoms with van der Waals surface area (Å²) in [5, 5.41) is 18.7. The van der Waals surface area contributed by atoms with Crippen LogP contribution in [0.15, 0.2) is 16.0 Å². The minimum absolute atomic E-state index is 0.117. The van der Waals surface area contributed by atoms with Crippen LogP contribution in [0, 0.1) is 10.8 Å². The number of hydrogen-bond acceptors (Lipinski definition) is 8. The van der Waals surface area contributed by atoms with Crippen LogP contribution < -0.4 is 4.72 Å². The summed E-state index contributed by atoms with van der Waals surface area (Å²) in [6.45, 7) is 6.70. The van der Waals surface area contributed by atoms with Gasteiger partial charge in [0.05, 0.1) is 13.0 Å². The lowest BCUT2D eigenvalue weighted by Crippen LogP contribution is -2.37. The number of carbonyl (C=O) groups is 1. The highest BCUT2D eigenvalue weighted by molar-refractivity contribution is 7.89. The number of sulfonamides is 1. The molecule has 2 aromatic heterocycles. The second kappa shape index (κ2) is 10.3. The molecule has 12 heteroatoms. The Bertz CT molecular complexity index is 1010. The maximum atomic E-state index is 12.1. The van der Waals surface area contributed by atoms with Crippen molar-refractivity contribution in [1.29, 1.82) is 0 Å². The third-order valence-corrected chi connectivity index (χ3v) is 8.16. The average molecular weight is 483 g/mol. The van der Waals surface area contributed by atoms with Gasteiger partial charge in [-0.05, 0) is 36.5 Å². The lowest BCUT2D eigenvalue weighted by atomic mass is 9.57. The molecule has 0 amide bonds. The molecule has 0 aliphatic heterocycles. The molecule has 1 fully saturated rings. The van der Waals surface area contributed by atoms with Crippen molar-refractivity contribution in [2.45, 2.75) is 96.2 Å². The summed E-state index contributed by atoms with van der Waals surface area (Å²) in [7, 11) is -3.89. The first kappa shape index (κ1) is 25.3. The monoisotopic (exact) mass is 482 g/mol. The third kappa shape index (κ3) is 6.38. The van der Waals surface area contributed by atoms with Gasteiger partial charge in [0.2, 0.25) is 5.89 Å². The van der Waals surface area contributed by atoms with Crippen LogP contribution in [0.1, 0.15) is 96.2 Å². The molecule has 0 aromatic carbocycles. The van der Waals surface area contributed by atoms with Gasteiger partial charge in [-0.15, -0.1) is 0 Å². The molecule has 0 saturated heterocycles. The smallest absolute Gasteiger partial charge is 0.304 e. The highest BCUT2D eigenvalue weighted by Crippen LogP contribution is 2.53. The number of nitrogens with one attached hydrogen (secondary N) is 2. The van der Waals surface area contributed by atoms with Crippen LogP contribution in [-0.4, -0.2) is 44.8 Å². The lowest BCUT2D eigenvalue weighted by molar-refractivity contribution is -0.137. The van der Waals surface area contributed by atoms with E-state index in [-0.39, 0.29) is 40.7 Å². The van der Waals surface area contributed by atoms with Gasteiger partial charge in [-0.2, -0.15) is 10.1 Å². The molecule has 184 valence electrons. The number of H-pyrrole nitrogens is 1. The first-order valence-electron chi connectivity index (χ1n) is 11.4. The fourth-order valence-electron chi connectivity index (χ4n) is 4.87. The van der Waals surface area contributed by atoms with E-state index in [0.29, 0.717) is 6.42 Å². The quantitative estimate of drug-likeness (QED) is 0.435. The van der Waals surface area contributed by atoms with Crippen molar-refractivity contribution in [3.8, 4) is 0 Å². The molecule has 1 aliphatic carbocycles. The maximum Gasteiger partial charge on any atom is 0.304 e. The Morgan fingerprint density at radius 3 is 2.64 bits per heavy atom. The highest BCUT2D eigenvalue weighted by Gasteiger charge is 2.42. The van der Waals surface area contributed by atoms with Gasteiger partial charge in [0.15, 0.2) is 5.82 Å². The van der Waals surface area contributed by atoms with Gasteiger partial charge in [0.25, 0.3) is 15.2 Å². The minimum atomic E-state index is -3.89. The Labute approximate surface area is 194 Å². The summed E-state index contributed by atoms with van der Waals surface area (Å²) in [6.07, 6.45) is 9.67. The average Bonchev–Trinajstić information content (AvgIpc) is 3.44. The summed E-state index contributed by atoms with van der Waals surface area (Å²) >= 11 is 0. The van der Waals surface area contributed by atoms with E-state index in [1.807, 2.05) is 0 Å². The van der Waals surface area contributed by atoms with Gasteiger partial charge in [-0.1, -0.05) is 51.6 Å². The molecule has 11 nitrogen and oxygen atoms in total. The Hall–Kier alpha value is -2.34. The summed E-state index contributed by atoms with van der Waals surface area (Å²) in [5.41, 5.74) is 0.450. The van der Waals surface area contributed by atoms with Crippen LogP contribution >= 0.6 is 0 Å². The van der Waals surface area contributed by atoms with Gasteiger partial charge in [0, 0.05) is 5.92 Å². The van der Waals surface area contributed by atoms with Gasteiger partial charge >= 0.3 is 5.97 Å². The number of hydrogen-bond donors (Lipinski definition) is 3. The van der Waals surface area contributed by atoms with Crippen molar-refractivity contribution >= 4 is 16.0 Å². The highest BCUT2D eigenvalue weighted by atomic mass is 32.2. The van der Waals surface area contributed by atoms with Crippen molar-refractivity contribution in [2.75, 3.05) is 0 Å². The van der Waals surface area contributed by atoms with Crippen molar-refractivity contribution < 1.29 is 22.8 Å². The van der Waals surface area contributed by atoms with E-state index in [1.165, 1.54) is 32.1 Å². The topological polar surface area (TPSA) is 164 Å². The predicted molar refractivity (Wildman–Crippen MR) is 119 cm³/mol. The predicted octanol–water partition coefficient (Wildman–Crippen LogP) is 3.39. The first-order chi connectivity index (χ1) is 15.5. The standard InChI is InChI=1S/C21H34N6O5S/c1-20(2,3)21(9-5-4-6-10-21)11-7-8-15(12-17(28)29)18-25-16(27-32-18)13-24-33(30,31)19-22-14-23-26-19/h14-15,24H,4-13H2,1-3H3,(H,28,29)(H,22,23,26).